The van der Waals surface area contributed by atoms with Gasteiger partial charge in [-0.3, -0.25) is 0 Å². The van der Waals surface area contributed by atoms with Crippen LogP contribution in [-0.2, 0) is 6.42 Å². The smallest absolute Gasteiger partial charge is 0.0701 e. The van der Waals surface area contributed by atoms with Crippen LogP contribution < -0.4 is 5.32 Å². The minimum atomic E-state index is 0.701. The van der Waals surface area contributed by atoms with Crippen molar-refractivity contribution in [1.82, 2.24) is 10.2 Å². The van der Waals surface area contributed by atoms with Crippen LogP contribution in [0.1, 0.15) is 31.1 Å². The molecule has 1 aromatic rings. The zero-order chi connectivity index (χ0) is 12.8. The third-order valence-electron chi connectivity index (χ3n) is 3.50. The fourth-order valence-electron chi connectivity index (χ4n) is 2.58. The van der Waals surface area contributed by atoms with Crippen molar-refractivity contribution in [1.29, 1.82) is 0 Å². The van der Waals surface area contributed by atoms with Gasteiger partial charge >= 0.3 is 0 Å². The summed E-state index contributed by atoms with van der Waals surface area (Å²) in [6.45, 7) is 7.14. The molecular formula is C14H23BrN2S. The number of nitrogens with one attached hydrogen (secondary N) is 1. The number of hydrogen-bond donors (Lipinski definition) is 1. The molecule has 0 amide bonds. The topological polar surface area (TPSA) is 15.3 Å². The Labute approximate surface area is 123 Å². The number of halogens is 1. The molecule has 1 N–H and O–H groups in total. The first kappa shape index (κ1) is 14.5. The molecule has 0 spiro atoms. The lowest BCUT2D eigenvalue weighted by Gasteiger charge is -2.23. The van der Waals surface area contributed by atoms with E-state index in [0.717, 1.165) is 0 Å². The summed E-state index contributed by atoms with van der Waals surface area (Å²) in [6.07, 6.45) is 5.06. The van der Waals surface area contributed by atoms with Crippen molar-refractivity contribution in [3.05, 3.63) is 20.8 Å². The van der Waals surface area contributed by atoms with Gasteiger partial charge < -0.3 is 10.2 Å². The highest BCUT2D eigenvalue weighted by atomic mass is 79.9. The zero-order valence-electron chi connectivity index (χ0n) is 11.1. The molecule has 1 aliphatic rings. The molecule has 1 aromatic heterocycles. The highest BCUT2D eigenvalue weighted by Crippen LogP contribution is 2.22. The van der Waals surface area contributed by atoms with E-state index < -0.39 is 0 Å². The van der Waals surface area contributed by atoms with E-state index in [9.17, 15) is 0 Å². The molecule has 18 heavy (non-hydrogen) atoms. The van der Waals surface area contributed by atoms with Gasteiger partial charge in [-0.05, 0) is 60.4 Å². The van der Waals surface area contributed by atoms with Crippen molar-refractivity contribution in [3.63, 3.8) is 0 Å². The number of nitrogens with zero attached hydrogens (tertiary/aromatic N) is 1. The van der Waals surface area contributed by atoms with Gasteiger partial charge in [0.2, 0.25) is 0 Å². The van der Waals surface area contributed by atoms with Crippen molar-refractivity contribution in [2.24, 2.45) is 0 Å². The minimum Gasteiger partial charge on any atom is -0.313 e. The molecule has 0 bridgehead atoms. The molecule has 1 unspecified atom stereocenters. The lowest BCUT2D eigenvalue weighted by atomic mass is 10.1. The fourth-order valence-corrected chi connectivity index (χ4v) is 4.05. The van der Waals surface area contributed by atoms with E-state index >= 15 is 0 Å². The van der Waals surface area contributed by atoms with Crippen molar-refractivity contribution in [2.45, 2.75) is 38.6 Å². The Kier molecular flexibility index (Phi) is 6.15. The summed E-state index contributed by atoms with van der Waals surface area (Å²) in [5, 5.41) is 3.67. The predicted octanol–water partition coefficient (Wildman–Crippen LogP) is 3.52. The Morgan fingerprint density at radius 3 is 3.11 bits per heavy atom. The quantitative estimate of drug-likeness (QED) is 0.888. The van der Waals surface area contributed by atoms with Crippen LogP contribution in [0.15, 0.2) is 15.9 Å². The van der Waals surface area contributed by atoms with Gasteiger partial charge in [-0.2, -0.15) is 0 Å². The molecule has 0 aliphatic carbocycles. The predicted molar refractivity (Wildman–Crippen MR) is 83.5 cm³/mol. The molecule has 0 saturated carbocycles. The number of thiophene rings is 1. The Balaban J connectivity index is 1.80. The minimum absolute atomic E-state index is 0.701. The standard InChI is InChI=1S/C14H23BrN2S/c1-2-4-12-11-17(9-3-8-16-12)10-7-13-5-6-14(15)18-13/h5-6,12,16H,2-4,7-11H2,1H3. The maximum absolute atomic E-state index is 3.67. The van der Waals surface area contributed by atoms with E-state index in [-0.39, 0.29) is 0 Å². The van der Waals surface area contributed by atoms with Gasteiger partial charge in [0, 0.05) is 24.0 Å². The molecule has 1 fully saturated rings. The molecule has 0 radical (unpaired) electrons. The Morgan fingerprint density at radius 1 is 1.50 bits per heavy atom. The van der Waals surface area contributed by atoms with Crippen LogP contribution in [0.4, 0.5) is 0 Å². The highest BCUT2D eigenvalue weighted by molar-refractivity contribution is 9.11. The van der Waals surface area contributed by atoms with Gasteiger partial charge in [0.05, 0.1) is 3.79 Å². The molecule has 1 saturated heterocycles. The second-order valence-electron chi connectivity index (χ2n) is 5.05. The molecule has 1 aliphatic heterocycles. The normalized spacial score (nSPS) is 22.0. The van der Waals surface area contributed by atoms with E-state index in [4.69, 9.17) is 0 Å². The summed E-state index contributed by atoms with van der Waals surface area (Å²) in [6, 6.07) is 5.10. The van der Waals surface area contributed by atoms with Crippen LogP contribution in [0.25, 0.3) is 0 Å². The van der Waals surface area contributed by atoms with Crippen LogP contribution in [0, 0.1) is 0 Å². The summed E-state index contributed by atoms with van der Waals surface area (Å²) < 4.78 is 1.25. The molecule has 0 aromatic carbocycles. The summed E-state index contributed by atoms with van der Waals surface area (Å²) >= 11 is 5.40. The summed E-state index contributed by atoms with van der Waals surface area (Å²) in [5.41, 5.74) is 0. The van der Waals surface area contributed by atoms with Crippen molar-refractivity contribution < 1.29 is 0 Å². The molecular weight excluding hydrogens is 308 g/mol. The Morgan fingerprint density at radius 2 is 2.39 bits per heavy atom. The van der Waals surface area contributed by atoms with Crippen LogP contribution in [0.2, 0.25) is 0 Å². The third kappa shape index (κ3) is 4.65. The maximum atomic E-state index is 3.67. The third-order valence-corrected chi connectivity index (χ3v) is 5.19. The second-order valence-corrected chi connectivity index (χ2v) is 7.60. The second kappa shape index (κ2) is 7.63. The molecule has 2 nitrogen and oxygen atoms in total. The molecule has 2 heterocycles. The molecule has 1 atom stereocenters. The van der Waals surface area contributed by atoms with Crippen LogP contribution in [0.5, 0.6) is 0 Å². The zero-order valence-corrected chi connectivity index (χ0v) is 13.5. The highest BCUT2D eigenvalue weighted by Gasteiger charge is 2.16. The van der Waals surface area contributed by atoms with E-state index in [2.05, 4.69) is 45.2 Å². The monoisotopic (exact) mass is 330 g/mol. The van der Waals surface area contributed by atoms with E-state index in [1.54, 1.807) is 0 Å². The van der Waals surface area contributed by atoms with Crippen LogP contribution >= 0.6 is 27.3 Å². The number of rotatable bonds is 5. The molecule has 4 heteroatoms. The largest absolute Gasteiger partial charge is 0.313 e. The van der Waals surface area contributed by atoms with Gasteiger partial charge in [0.1, 0.15) is 0 Å². The van der Waals surface area contributed by atoms with Crippen molar-refractivity contribution in [3.8, 4) is 0 Å². The van der Waals surface area contributed by atoms with E-state index in [0.29, 0.717) is 6.04 Å². The van der Waals surface area contributed by atoms with Gasteiger partial charge in [-0.25, -0.2) is 0 Å². The first-order valence-corrected chi connectivity index (χ1v) is 8.59. The summed E-state index contributed by atoms with van der Waals surface area (Å²) in [4.78, 5) is 4.12. The van der Waals surface area contributed by atoms with Crippen LogP contribution in [-0.4, -0.2) is 37.1 Å². The van der Waals surface area contributed by atoms with Crippen molar-refractivity contribution >= 4 is 27.3 Å². The van der Waals surface area contributed by atoms with Gasteiger partial charge in [-0.1, -0.05) is 13.3 Å². The van der Waals surface area contributed by atoms with Crippen LogP contribution in [0.3, 0.4) is 0 Å². The van der Waals surface area contributed by atoms with Gasteiger partial charge in [0.25, 0.3) is 0 Å². The van der Waals surface area contributed by atoms with Gasteiger partial charge in [0.15, 0.2) is 0 Å². The first-order chi connectivity index (χ1) is 8.78. The number of hydrogen-bond acceptors (Lipinski definition) is 3. The first-order valence-electron chi connectivity index (χ1n) is 6.98. The average molecular weight is 331 g/mol. The lowest BCUT2D eigenvalue weighted by Crippen LogP contribution is -2.38. The SMILES string of the molecule is CCCC1CN(CCc2ccc(Br)s2)CCCN1. The molecule has 102 valence electrons. The lowest BCUT2D eigenvalue weighted by molar-refractivity contribution is 0.266. The average Bonchev–Trinajstić information content (AvgIpc) is 2.63. The van der Waals surface area contributed by atoms with Crippen molar-refractivity contribution in [2.75, 3.05) is 26.2 Å². The Bertz CT molecular complexity index is 353. The maximum Gasteiger partial charge on any atom is 0.0701 e. The summed E-state index contributed by atoms with van der Waals surface area (Å²) in [7, 11) is 0. The van der Waals surface area contributed by atoms with E-state index in [1.165, 1.54) is 60.5 Å². The van der Waals surface area contributed by atoms with Gasteiger partial charge in [-0.15, -0.1) is 11.3 Å². The fraction of sp³-hybridized carbons (Fsp3) is 0.714. The Hall–Kier alpha value is 0.1000. The molecule has 2 rings (SSSR count). The summed E-state index contributed by atoms with van der Waals surface area (Å²) in [5.74, 6) is 0. The van der Waals surface area contributed by atoms with E-state index in [1.807, 2.05) is 11.3 Å².